The Hall–Kier alpha value is -2.29. The summed E-state index contributed by atoms with van der Waals surface area (Å²) in [7, 11) is 0. The van der Waals surface area contributed by atoms with Crippen molar-refractivity contribution >= 4 is 23.5 Å². The molecule has 20 heavy (non-hydrogen) atoms. The first-order chi connectivity index (χ1) is 9.63. The van der Waals surface area contributed by atoms with Gasteiger partial charge in [-0.1, -0.05) is 0 Å². The lowest BCUT2D eigenvalue weighted by molar-refractivity contribution is -0.121. The lowest BCUT2D eigenvalue weighted by Crippen LogP contribution is -2.28. The van der Waals surface area contributed by atoms with E-state index in [4.69, 9.17) is 17.3 Å². The van der Waals surface area contributed by atoms with Crippen LogP contribution in [0, 0.1) is 5.92 Å². The molecule has 1 atom stereocenters. The zero-order valence-electron chi connectivity index (χ0n) is 10.3. The summed E-state index contributed by atoms with van der Waals surface area (Å²) < 4.78 is 1.39. The Morgan fingerprint density at radius 1 is 1.35 bits per heavy atom. The van der Waals surface area contributed by atoms with Gasteiger partial charge in [0.2, 0.25) is 17.1 Å². The molecule has 1 fully saturated rings. The average molecular weight is 295 g/mol. The maximum absolute atomic E-state index is 11.2. The summed E-state index contributed by atoms with van der Waals surface area (Å²) in [6.07, 6.45) is 3.51. The summed E-state index contributed by atoms with van der Waals surface area (Å²) in [5.41, 5.74) is 5.31. The Bertz CT molecular complexity index is 630. The monoisotopic (exact) mass is 294 g/mol. The van der Waals surface area contributed by atoms with E-state index < -0.39 is 0 Å². The number of hydrogen-bond donors (Lipinski definition) is 1. The lowest BCUT2D eigenvalue weighted by atomic mass is 10.1. The van der Waals surface area contributed by atoms with Gasteiger partial charge in [-0.3, -0.25) is 4.79 Å². The normalized spacial score (nSPS) is 18.4. The fraction of sp³-hybridized carbons (Fsp3) is 0.400. The summed E-state index contributed by atoms with van der Waals surface area (Å²) in [6, 6.07) is 0. The minimum Gasteiger partial charge on any atom is -0.369 e. The molecular weight excluding hydrogens is 284 g/mol. The topological polar surface area (TPSA) is 116 Å². The maximum Gasteiger partial charge on any atom is 0.258 e. The molecule has 1 amide bonds. The smallest absolute Gasteiger partial charge is 0.258 e. The largest absolute Gasteiger partial charge is 0.369 e. The molecule has 0 aromatic carbocycles. The molecule has 1 unspecified atom stereocenters. The Balaban J connectivity index is 1.89. The van der Waals surface area contributed by atoms with Crippen molar-refractivity contribution in [1.29, 1.82) is 0 Å². The minimum absolute atomic E-state index is 0.0584. The number of nitrogens with zero attached hydrogens (tertiary/aromatic N) is 7. The van der Waals surface area contributed by atoms with E-state index >= 15 is 0 Å². The number of primary amides is 1. The van der Waals surface area contributed by atoms with Gasteiger partial charge in [0, 0.05) is 13.1 Å². The number of anilines is 1. The average Bonchev–Trinajstić information content (AvgIpc) is 3.10. The number of hydrogen-bond acceptors (Lipinski definition) is 7. The molecule has 0 bridgehead atoms. The molecule has 2 aromatic rings. The van der Waals surface area contributed by atoms with Crippen molar-refractivity contribution in [3.8, 4) is 5.95 Å². The van der Waals surface area contributed by atoms with Crippen LogP contribution in [0.2, 0.25) is 5.28 Å². The van der Waals surface area contributed by atoms with Crippen LogP contribution in [0.15, 0.2) is 12.7 Å². The fourth-order valence-corrected chi connectivity index (χ4v) is 2.21. The van der Waals surface area contributed by atoms with Crippen molar-refractivity contribution in [2.45, 2.75) is 6.42 Å². The standard InChI is InChI=1S/C10H11ClN8O/c11-8-15-9(18-2-1-6(3-18)7(12)20)17-10(16-8)19-5-13-4-14-19/h4-6H,1-3H2,(H2,12,20). The highest BCUT2D eigenvalue weighted by Gasteiger charge is 2.28. The minimum atomic E-state index is -0.316. The van der Waals surface area contributed by atoms with Gasteiger partial charge in [0.25, 0.3) is 5.95 Å². The summed E-state index contributed by atoms with van der Waals surface area (Å²) in [4.78, 5) is 29.2. The summed E-state index contributed by atoms with van der Waals surface area (Å²) in [5.74, 6) is 0.170. The summed E-state index contributed by atoms with van der Waals surface area (Å²) >= 11 is 5.90. The molecule has 3 rings (SSSR count). The van der Waals surface area contributed by atoms with Crippen LogP contribution in [0.1, 0.15) is 6.42 Å². The third-order valence-corrected chi connectivity index (χ3v) is 3.25. The molecule has 0 spiro atoms. The second kappa shape index (κ2) is 5.00. The predicted molar refractivity (Wildman–Crippen MR) is 69.3 cm³/mol. The number of carbonyl (C=O) groups is 1. The molecule has 2 aromatic heterocycles. The zero-order chi connectivity index (χ0) is 14.1. The highest BCUT2D eigenvalue weighted by atomic mass is 35.5. The number of nitrogens with two attached hydrogens (primary N) is 1. The van der Waals surface area contributed by atoms with Crippen LogP contribution in [-0.2, 0) is 4.79 Å². The van der Waals surface area contributed by atoms with E-state index in [1.165, 1.54) is 17.3 Å². The first-order valence-electron chi connectivity index (χ1n) is 5.94. The number of amides is 1. The number of halogens is 1. The Kier molecular flexibility index (Phi) is 3.18. The first kappa shape index (κ1) is 12.7. The molecular formula is C10H11ClN8O. The van der Waals surface area contributed by atoms with Crippen LogP contribution in [-0.4, -0.2) is 48.7 Å². The number of aromatic nitrogens is 6. The van der Waals surface area contributed by atoms with Crippen molar-refractivity contribution in [1.82, 2.24) is 29.7 Å². The SMILES string of the molecule is NC(=O)C1CCN(c2nc(Cl)nc(-n3cncn3)n2)C1. The summed E-state index contributed by atoms with van der Waals surface area (Å²) in [6.45, 7) is 1.12. The van der Waals surface area contributed by atoms with Crippen LogP contribution in [0.5, 0.6) is 0 Å². The van der Waals surface area contributed by atoms with Crippen molar-refractivity contribution < 1.29 is 4.79 Å². The molecule has 0 aliphatic carbocycles. The third-order valence-electron chi connectivity index (χ3n) is 3.08. The summed E-state index contributed by atoms with van der Waals surface area (Å²) in [5, 5.41) is 4.00. The van der Waals surface area contributed by atoms with E-state index in [2.05, 4.69) is 25.0 Å². The van der Waals surface area contributed by atoms with E-state index in [0.29, 0.717) is 25.5 Å². The molecule has 0 saturated carbocycles. The lowest BCUT2D eigenvalue weighted by Gasteiger charge is -2.16. The van der Waals surface area contributed by atoms with E-state index in [1.807, 2.05) is 4.90 Å². The van der Waals surface area contributed by atoms with Crippen LogP contribution in [0.3, 0.4) is 0 Å². The fourth-order valence-electron chi connectivity index (χ4n) is 2.06. The van der Waals surface area contributed by atoms with Gasteiger partial charge in [-0.15, -0.1) is 0 Å². The quantitative estimate of drug-likeness (QED) is 0.805. The highest BCUT2D eigenvalue weighted by molar-refractivity contribution is 6.28. The van der Waals surface area contributed by atoms with Crippen LogP contribution < -0.4 is 10.6 Å². The van der Waals surface area contributed by atoms with Gasteiger partial charge in [0.05, 0.1) is 5.92 Å². The Morgan fingerprint density at radius 3 is 2.80 bits per heavy atom. The van der Waals surface area contributed by atoms with Crippen molar-refractivity contribution in [2.75, 3.05) is 18.0 Å². The van der Waals surface area contributed by atoms with E-state index in [1.54, 1.807) is 0 Å². The van der Waals surface area contributed by atoms with Gasteiger partial charge in [-0.05, 0) is 18.0 Å². The van der Waals surface area contributed by atoms with E-state index in [0.717, 1.165) is 0 Å². The second-order valence-corrected chi connectivity index (χ2v) is 4.72. The molecule has 1 aliphatic rings. The first-order valence-corrected chi connectivity index (χ1v) is 6.32. The molecule has 1 aliphatic heterocycles. The molecule has 10 heteroatoms. The van der Waals surface area contributed by atoms with Crippen LogP contribution in [0.25, 0.3) is 5.95 Å². The zero-order valence-corrected chi connectivity index (χ0v) is 11.1. The maximum atomic E-state index is 11.2. The van der Waals surface area contributed by atoms with Crippen LogP contribution >= 0.6 is 11.6 Å². The molecule has 9 nitrogen and oxygen atoms in total. The molecule has 2 N–H and O–H groups in total. The van der Waals surface area contributed by atoms with Crippen molar-refractivity contribution in [3.63, 3.8) is 0 Å². The Labute approximate surface area is 118 Å². The third kappa shape index (κ3) is 2.39. The van der Waals surface area contributed by atoms with Crippen molar-refractivity contribution in [3.05, 3.63) is 17.9 Å². The highest BCUT2D eigenvalue weighted by Crippen LogP contribution is 2.21. The van der Waals surface area contributed by atoms with Gasteiger partial charge < -0.3 is 10.6 Å². The van der Waals surface area contributed by atoms with Gasteiger partial charge in [0.15, 0.2) is 0 Å². The van der Waals surface area contributed by atoms with Gasteiger partial charge in [-0.25, -0.2) is 4.98 Å². The second-order valence-electron chi connectivity index (χ2n) is 4.38. The molecule has 1 saturated heterocycles. The van der Waals surface area contributed by atoms with Gasteiger partial charge in [0.1, 0.15) is 12.7 Å². The van der Waals surface area contributed by atoms with Gasteiger partial charge in [-0.2, -0.15) is 24.7 Å². The molecule has 104 valence electrons. The van der Waals surface area contributed by atoms with E-state index in [9.17, 15) is 4.79 Å². The molecule has 3 heterocycles. The predicted octanol–water partition coefficient (Wildman–Crippen LogP) is -0.583. The number of carbonyl (C=O) groups excluding carboxylic acids is 1. The van der Waals surface area contributed by atoms with Crippen LogP contribution in [0.4, 0.5) is 5.95 Å². The molecule has 0 radical (unpaired) electrons. The number of rotatable bonds is 3. The van der Waals surface area contributed by atoms with E-state index in [-0.39, 0.29) is 23.1 Å². The van der Waals surface area contributed by atoms with Gasteiger partial charge >= 0.3 is 0 Å². The Morgan fingerprint density at radius 2 is 2.15 bits per heavy atom. The van der Waals surface area contributed by atoms with Crippen molar-refractivity contribution in [2.24, 2.45) is 11.7 Å².